The van der Waals surface area contributed by atoms with Gasteiger partial charge in [0.2, 0.25) is 0 Å². The molecule has 0 aliphatic carbocycles. The first kappa shape index (κ1) is 47.6. The van der Waals surface area contributed by atoms with Gasteiger partial charge in [-0.1, -0.05) is 210 Å². The maximum atomic E-state index is 3.52. The molecular weight excluding hydrogens is 1080 g/mol. The summed E-state index contributed by atoms with van der Waals surface area (Å²) in [5.41, 5.74) is 11.2. The molecule has 0 aliphatic heterocycles. The Morgan fingerprint density at radius 2 is 0.679 bits per heavy atom. The first-order chi connectivity index (χ1) is 40.1. The number of fused-ring (bicyclic) bond motifs is 22. The standard InChI is InChI=1S/C38H23NS.C24H15Br.C14H9NS/c1-2-9-29-27(7-1)28-8-3-4-10-30(28)35-23-25(15-18-31(29)35)24-13-16-26(17-14-24)39-36-12-6-5-11-32(36)33-19-20-37-34(38(33)39)21-22-40-37;25-18-12-9-16(10-13-18)17-11-14-23-21-7-2-1-5-19(21)20-6-3-4-8-22(20)24(23)15-17;1-2-4-12-9(3-1)10-5-6-13-11(7-8-16-13)14(10)15-12/h1-23H;1-15H;1-8,15H. The van der Waals surface area contributed by atoms with E-state index in [1.807, 2.05) is 0 Å². The lowest BCUT2D eigenvalue weighted by atomic mass is 9.92. The van der Waals surface area contributed by atoms with Crippen molar-refractivity contribution in [2.24, 2.45) is 0 Å². The largest absolute Gasteiger partial charge is 0.354 e. The summed E-state index contributed by atoms with van der Waals surface area (Å²) in [4.78, 5) is 3.51. The molecule has 18 rings (SSSR count). The van der Waals surface area contributed by atoms with Gasteiger partial charge in [-0.15, -0.1) is 22.7 Å². The summed E-state index contributed by atoms with van der Waals surface area (Å²) in [5.74, 6) is 0. The number of thiophene rings is 2. The third-order valence-electron chi connectivity index (χ3n) is 16.5. The van der Waals surface area contributed by atoms with Gasteiger partial charge in [-0.05, 0) is 170 Å². The molecule has 5 heteroatoms. The molecule has 1 N–H and O–H groups in total. The zero-order chi connectivity index (χ0) is 53.5. The van der Waals surface area contributed by atoms with Crippen molar-refractivity contribution in [3.8, 4) is 27.9 Å². The molecule has 0 saturated carbocycles. The predicted molar refractivity (Wildman–Crippen MR) is 357 cm³/mol. The van der Waals surface area contributed by atoms with Gasteiger partial charge >= 0.3 is 0 Å². The molecule has 14 aromatic carbocycles. The maximum Gasteiger partial charge on any atom is 0.0627 e. The summed E-state index contributed by atoms with van der Waals surface area (Å²) >= 11 is 7.11. The van der Waals surface area contributed by atoms with Crippen LogP contribution in [0, 0.1) is 0 Å². The van der Waals surface area contributed by atoms with E-state index in [9.17, 15) is 0 Å². The van der Waals surface area contributed by atoms with E-state index in [2.05, 4.69) is 303 Å². The van der Waals surface area contributed by atoms with Gasteiger partial charge in [0.15, 0.2) is 0 Å². The SMILES string of the molecule is Brc1ccc(-c2ccc3c4ccccc4c4ccccc4c3c2)cc1.c1ccc2c(c1)[nH]c1c3ccsc3ccc21.c1ccc2c(c1)c1ccccc1c1cc(-c3ccc(-n4c5ccccc5c5ccc6sccc6c54)cc3)ccc21. The van der Waals surface area contributed by atoms with Crippen LogP contribution in [0.25, 0.3) is 156 Å². The van der Waals surface area contributed by atoms with Crippen molar-refractivity contribution >= 4 is 167 Å². The zero-order valence-corrected chi connectivity index (χ0v) is 46.9. The number of para-hydroxylation sites is 2. The average molecular weight is 1130 g/mol. The van der Waals surface area contributed by atoms with Gasteiger partial charge in [-0.3, -0.25) is 0 Å². The third kappa shape index (κ3) is 7.95. The Bertz CT molecular complexity index is 5420. The van der Waals surface area contributed by atoms with Gasteiger partial charge in [-0.25, -0.2) is 0 Å². The highest BCUT2D eigenvalue weighted by molar-refractivity contribution is 9.10. The van der Waals surface area contributed by atoms with E-state index in [-0.39, 0.29) is 0 Å². The van der Waals surface area contributed by atoms with Crippen LogP contribution in [-0.4, -0.2) is 9.55 Å². The van der Waals surface area contributed by atoms with E-state index in [4.69, 9.17) is 0 Å². The molecule has 81 heavy (non-hydrogen) atoms. The summed E-state index contributed by atoms with van der Waals surface area (Å²) in [6.07, 6.45) is 0. The number of benzene rings is 14. The van der Waals surface area contributed by atoms with Crippen LogP contribution >= 0.6 is 38.6 Å². The van der Waals surface area contributed by atoms with Gasteiger partial charge < -0.3 is 9.55 Å². The van der Waals surface area contributed by atoms with Crippen LogP contribution in [0.3, 0.4) is 0 Å². The van der Waals surface area contributed by atoms with Crippen LogP contribution in [0.15, 0.2) is 282 Å². The second-order valence-electron chi connectivity index (χ2n) is 20.9. The molecule has 2 nitrogen and oxygen atoms in total. The van der Waals surface area contributed by atoms with E-state index in [0.717, 1.165) is 4.47 Å². The molecule has 0 aliphatic rings. The highest BCUT2D eigenvalue weighted by atomic mass is 79.9. The Balaban J connectivity index is 0.000000112. The van der Waals surface area contributed by atoms with E-state index < -0.39 is 0 Å². The van der Waals surface area contributed by atoms with Crippen LogP contribution in [-0.2, 0) is 0 Å². The molecule has 0 fully saturated rings. The Hall–Kier alpha value is -9.36. The number of halogens is 1. The molecule has 0 amide bonds. The molecule has 0 unspecified atom stereocenters. The normalized spacial score (nSPS) is 11.8. The Labute approximate surface area is 483 Å². The molecule has 0 saturated heterocycles. The van der Waals surface area contributed by atoms with Crippen molar-refractivity contribution in [3.05, 3.63) is 282 Å². The molecule has 0 atom stereocenters. The van der Waals surface area contributed by atoms with Crippen molar-refractivity contribution in [1.82, 2.24) is 9.55 Å². The van der Waals surface area contributed by atoms with Gasteiger partial charge in [0.05, 0.1) is 16.6 Å². The Morgan fingerprint density at radius 3 is 1.22 bits per heavy atom. The van der Waals surface area contributed by atoms with E-state index in [1.165, 1.54) is 156 Å². The van der Waals surface area contributed by atoms with Gasteiger partial charge in [0.1, 0.15) is 0 Å². The van der Waals surface area contributed by atoms with Crippen molar-refractivity contribution in [3.63, 3.8) is 0 Å². The lowest BCUT2D eigenvalue weighted by molar-refractivity contribution is 1.19. The number of hydrogen-bond acceptors (Lipinski definition) is 2. The fourth-order valence-corrected chi connectivity index (χ4v) is 14.6. The summed E-state index contributed by atoms with van der Waals surface area (Å²) in [6, 6.07) is 97.0. The molecule has 4 aromatic heterocycles. The molecule has 4 heterocycles. The molecule has 0 radical (unpaired) electrons. The molecule has 18 aromatic rings. The number of nitrogens with one attached hydrogen (secondary N) is 1. The minimum Gasteiger partial charge on any atom is -0.354 e. The van der Waals surface area contributed by atoms with Crippen molar-refractivity contribution < 1.29 is 0 Å². The minimum absolute atomic E-state index is 1.11. The van der Waals surface area contributed by atoms with Crippen molar-refractivity contribution in [2.45, 2.75) is 0 Å². The Kier molecular flexibility index (Phi) is 11.4. The number of rotatable bonds is 3. The van der Waals surface area contributed by atoms with Gasteiger partial charge in [0.25, 0.3) is 0 Å². The lowest BCUT2D eigenvalue weighted by Gasteiger charge is -2.13. The first-order valence-corrected chi connectivity index (χ1v) is 29.9. The summed E-state index contributed by atoms with van der Waals surface area (Å²) in [5, 5.41) is 28.0. The fraction of sp³-hybridized carbons (Fsp3) is 0. The Morgan fingerprint density at radius 1 is 0.284 bits per heavy atom. The fourth-order valence-electron chi connectivity index (χ4n) is 12.8. The highest BCUT2D eigenvalue weighted by Crippen LogP contribution is 2.42. The van der Waals surface area contributed by atoms with Crippen LogP contribution in [0.5, 0.6) is 0 Å². The highest BCUT2D eigenvalue weighted by Gasteiger charge is 2.17. The van der Waals surface area contributed by atoms with Crippen LogP contribution in [0.4, 0.5) is 0 Å². The van der Waals surface area contributed by atoms with Crippen LogP contribution in [0.1, 0.15) is 0 Å². The second-order valence-corrected chi connectivity index (χ2v) is 23.7. The second kappa shape index (κ2) is 19.5. The number of aromatic amines is 1. The minimum atomic E-state index is 1.11. The third-order valence-corrected chi connectivity index (χ3v) is 18.8. The van der Waals surface area contributed by atoms with Crippen LogP contribution < -0.4 is 0 Å². The van der Waals surface area contributed by atoms with Gasteiger partial charge in [0, 0.05) is 57.4 Å². The average Bonchev–Trinajstić information content (AvgIpc) is 4.40. The summed E-state index contributed by atoms with van der Waals surface area (Å²) in [7, 11) is 0. The predicted octanol–water partition coefficient (Wildman–Crippen LogP) is 23.2. The van der Waals surface area contributed by atoms with Crippen molar-refractivity contribution in [2.75, 3.05) is 0 Å². The maximum absolute atomic E-state index is 3.52. The smallest absolute Gasteiger partial charge is 0.0627 e. The van der Waals surface area contributed by atoms with E-state index in [1.54, 1.807) is 22.7 Å². The lowest BCUT2D eigenvalue weighted by Crippen LogP contribution is -1.94. The zero-order valence-electron chi connectivity index (χ0n) is 43.7. The van der Waals surface area contributed by atoms with Gasteiger partial charge in [-0.2, -0.15) is 0 Å². The molecule has 0 bridgehead atoms. The topological polar surface area (TPSA) is 20.7 Å². The van der Waals surface area contributed by atoms with E-state index >= 15 is 0 Å². The molecule has 0 spiro atoms. The first-order valence-electron chi connectivity index (χ1n) is 27.4. The van der Waals surface area contributed by atoms with Crippen molar-refractivity contribution in [1.29, 1.82) is 0 Å². The number of H-pyrrole nitrogens is 1. The molecule has 380 valence electrons. The van der Waals surface area contributed by atoms with Crippen LogP contribution in [0.2, 0.25) is 0 Å². The summed E-state index contributed by atoms with van der Waals surface area (Å²) < 4.78 is 6.21. The summed E-state index contributed by atoms with van der Waals surface area (Å²) in [6.45, 7) is 0. The number of nitrogens with zero attached hydrogens (tertiary/aromatic N) is 1. The number of hydrogen-bond donors (Lipinski definition) is 1. The quantitative estimate of drug-likeness (QED) is 0.170. The van der Waals surface area contributed by atoms with E-state index in [0.29, 0.717) is 0 Å². The number of aromatic nitrogens is 2. The molecular formula is C76H47BrN2S2. The monoisotopic (exact) mass is 1130 g/mol.